The van der Waals surface area contributed by atoms with Crippen LogP contribution in [0.15, 0.2) is 54.7 Å². The van der Waals surface area contributed by atoms with Crippen LogP contribution in [0.1, 0.15) is 104 Å². The summed E-state index contributed by atoms with van der Waals surface area (Å²) in [6.45, 7) is 8.24. The molecule has 3 aromatic rings. The Morgan fingerprint density at radius 3 is 1.65 bits per heavy atom. The Morgan fingerprint density at radius 2 is 1.12 bits per heavy atom. The van der Waals surface area contributed by atoms with E-state index in [4.69, 9.17) is 11.5 Å². The molecule has 0 saturated carbocycles. The zero-order valence-electron chi connectivity index (χ0n) is 46.3. The number of aromatic hydroxyl groups is 1. The Hall–Kier alpha value is -7.19. The highest BCUT2D eigenvalue weighted by Gasteiger charge is 2.37. The van der Waals surface area contributed by atoms with E-state index in [1.54, 1.807) is 40.0 Å². The summed E-state index contributed by atoms with van der Waals surface area (Å²) in [4.78, 5) is 127. The molecule has 0 unspecified atom stereocenters. The molecule has 25 nitrogen and oxygen atoms in total. The molecule has 0 bridgehead atoms. The average molecular weight is 1120 g/mol. The molecule has 1 saturated heterocycles. The van der Waals surface area contributed by atoms with Gasteiger partial charge >= 0.3 is 5.97 Å². The monoisotopic (exact) mass is 1120 g/mol. The fourth-order valence-electron chi connectivity index (χ4n) is 9.18. The van der Waals surface area contributed by atoms with Gasteiger partial charge in [0.1, 0.15) is 54.1 Å². The average Bonchev–Trinajstić information content (AvgIpc) is 4.11. The molecule has 0 aliphatic carbocycles. The molecular weight excluding hydrogens is 1040 g/mol. The molecule has 25 heteroatoms. The number of carbonyl (C=O) groups excluding carboxylic acids is 8. The molecular formula is C55H84N12O13. The highest BCUT2D eigenvalue weighted by molar-refractivity contribution is 5.98. The number of hydrogen-bond acceptors (Lipinski definition) is 15. The van der Waals surface area contributed by atoms with Crippen molar-refractivity contribution in [1.82, 2.24) is 52.8 Å². The van der Waals surface area contributed by atoms with Crippen LogP contribution < -0.4 is 59.3 Å². The summed E-state index contributed by atoms with van der Waals surface area (Å²) in [5, 5.41) is 65.3. The number of aliphatic hydroxyl groups is 2. The molecule has 8 amide bonds. The molecule has 18 N–H and O–H groups in total. The number of aromatic nitrogens is 1. The van der Waals surface area contributed by atoms with Crippen molar-refractivity contribution in [3.63, 3.8) is 0 Å². The maximum Gasteiger partial charge on any atom is 0.326 e. The number of amides is 8. The van der Waals surface area contributed by atoms with Gasteiger partial charge in [-0.2, -0.15) is 0 Å². The van der Waals surface area contributed by atoms with Crippen molar-refractivity contribution in [2.45, 2.75) is 166 Å². The quantitative estimate of drug-likeness (QED) is 0.0309. The number of unbranched alkanes of at least 4 members (excludes halogenated alkanes) is 2. The third kappa shape index (κ3) is 20.5. The fraction of sp³-hybridized carbons (Fsp3) is 0.582. The predicted molar refractivity (Wildman–Crippen MR) is 297 cm³/mol. The topological polar surface area (TPSA) is 411 Å². The molecule has 0 radical (unpaired) electrons. The summed E-state index contributed by atoms with van der Waals surface area (Å²) in [6, 6.07) is 1.31. The van der Waals surface area contributed by atoms with E-state index >= 15 is 0 Å². The third-order valence-electron chi connectivity index (χ3n) is 13.7. The first-order chi connectivity index (χ1) is 38.1. The van der Waals surface area contributed by atoms with Gasteiger partial charge in [-0.3, -0.25) is 38.4 Å². The first kappa shape index (κ1) is 65.3. The summed E-state index contributed by atoms with van der Waals surface area (Å²) in [6.07, 6.45) is 2.86. The van der Waals surface area contributed by atoms with Crippen molar-refractivity contribution in [2.24, 2.45) is 23.3 Å². The number of para-hydroxylation sites is 1. The van der Waals surface area contributed by atoms with E-state index in [0.29, 0.717) is 49.8 Å². The molecule has 442 valence electrons. The number of nitrogens with one attached hydrogen (secondary N) is 10. The van der Waals surface area contributed by atoms with Gasteiger partial charge < -0.3 is 84.7 Å². The maximum absolute atomic E-state index is 14.8. The molecule has 80 heavy (non-hydrogen) atoms. The van der Waals surface area contributed by atoms with Crippen molar-refractivity contribution in [3.05, 3.63) is 65.9 Å². The Morgan fingerprint density at radius 1 is 0.613 bits per heavy atom. The second-order valence-corrected chi connectivity index (χ2v) is 21.1. The number of aliphatic carboxylic acids is 1. The normalized spacial score (nSPS) is 16.7. The lowest BCUT2D eigenvalue weighted by atomic mass is 9.99. The number of carbonyl (C=O) groups is 9. The molecule has 1 fully saturated rings. The van der Waals surface area contributed by atoms with Gasteiger partial charge in [0.15, 0.2) is 0 Å². The first-order valence-electron chi connectivity index (χ1n) is 27.5. The van der Waals surface area contributed by atoms with Crippen LogP contribution >= 0.6 is 0 Å². The van der Waals surface area contributed by atoms with E-state index in [1.165, 1.54) is 31.2 Å². The van der Waals surface area contributed by atoms with Crippen molar-refractivity contribution in [3.8, 4) is 5.75 Å². The minimum Gasteiger partial charge on any atom is -0.508 e. The summed E-state index contributed by atoms with van der Waals surface area (Å²) >= 11 is 0. The van der Waals surface area contributed by atoms with E-state index in [-0.39, 0.29) is 56.9 Å². The smallest absolute Gasteiger partial charge is 0.326 e. The summed E-state index contributed by atoms with van der Waals surface area (Å²) in [5.41, 5.74) is 13.4. The van der Waals surface area contributed by atoms with Crippen LogP contribution in [0.25, 0.3) is 10.9 Å². The highest BCUT2D eigenvalue weighted by atomic mass is 16.4. The number of carboxylic acids is 1. The number of phenolic OH excluding ortho intramolecular Hbond substituents is 1. The van der Waals surface area contributed by atoms with E-state index < -0.39 is 126 Å². The van der Waals surface area contributed by atoms with Crippen LogP contribution in [0.2, 0.25) is 0 Å². The Bertz CT molecular complexity index is 2530. The van der Waals surface area contributed by atoms with Crippen molar-refractivity contribution in [1.29, 1.82) is 0 Å². The Balaban J connectivity index is 1.64. The Labute approximate surface area is 466 Å². The predicted octanol–water partition coefficient (Wildman–Crippen LogP) is -1.29. The van der Waals surface area contributed by atoms with Crippen molar-refractivity contribution >= 4 is 64.1 Å². The maximum atomic E-state index is 14.8. The van der Waals surface area contributed by atoms with Crippen molar-refractivity contribution < 1.29 is 63.6 Å². The summed E-state index contributed by atoms with van der Waals surface area (Å²) in [5.74, 6) is -8.66. The molecule has 1 aliphatic rings. The van der Waals surface area contributed by atoms with Crippen LogP contribution in [0, 0.1) is 11.8 Å². The standard InChI is InChI=1S/C55H84N12O13/c1-30(2)25-41(50(74)60-40(16-9-11-23-57)49(73)65-44(29-68)53(77)66-45(31(3)4)55(79)80)62-48(72)39(15-8-10-22-56)61-51(75)42(26-33-18-20-35(70)21-19-33)63-52(76)43(27-34-28-59-37-14-7-6-13-36(34)37)64-54(78)46(32(5)69)67-47(71)38-17-12-24-58-38/h6-7,13-14,18-21,28,30-32,38-46,58-59,68-70H,8-12,15-17,22-27,29,56-57H2,1-5H3,(H,60,74)(H,61,75)(H,62,72)(H,63,76)(H,64,78)(H,65,73)(H,66,77)(H,67,71)(H,79,80)/t32-,38+,39+,40+,41+,42+,43+,44+,45+,46+/m1/s1. The number of aromatic amines is 1. The lowest BCUT2D eigenvalue weighted by molar-refractivity contribution is -0.144. The fourth-order valence-corrected chi connectivity index (χ4v) is 9.18. The van der Waals surface area contributed by atoms with Crippen LogP contribution in [-0.2, 0) is 56.0 Å². The zero-order chi connectivity index (χ0) is 59.1. The molecule has 2 heterocycles. The second-order valence-electron chi connectivity index (χ2n) is 21.1. The van der Waals surface area contributed by atoms with Gasteiger partial charge in [0.05, 0.1) is 18.8 Å². The highest BCUT2D eigenvalue weighted by Crippen LogP contribution is 2.20. The largest absolute Gasteiger partial charge is 0.508 e. The second kappa shape index (κ2) is 32.8. The van der Waals surface area contributed by atoms with Crippen LogP contribution in [0.5, 0.6) is 5.75 Å². The zero-order valence-corrected chi connectivity index (χ0v) is 46.3. The van der Waals surface area contributed by atoms with E-state index in [0.717, 1.165) is 17.3 Å². The minimum atomic E-state index is -1.59. The number of fused-ring (bicyclic) bond motifs is 1. The number of phenols is 1. The number of benzene rings is 2. The van der Waals surface area contributed by atoms with Gasteiger partial charge in [0.25, 0.3) is 0 Å². The number of rotatable bonds is 34. The van der Waals surface area contributed by atoms with Gasteiger partial charge in [-0.15, -0.1) is 0 Å². The van der Waals surface area contributed by atoms with Crippen LogP contribution in [0.4, 0.5) is 0 Å². The first-order valence-corrected chi connectivity index (χ1v) is 27.5. The minimum absolute atomic E-state index is 0.0149. The van der Waals surface area contributed by atoms with Gasteiger partial charge in [0.2, 0.25) is 47.3 Å². The SMILES string of the molecule is CC(C)C[C@H](NC(=O)[C@H](CCCCN)NC(=O)[C@H](Cc1ccc(O)cc1)NC(=O)[C@H](Cc1c[nH]c2ccccc12)NC(=O)[C@@H](NC(=O)[C@@H]1CCCN1)[C@@H](C)O)C(=O)N[C@@H](CCCCN)C(=O)N[C@@H](CO)C(=O)N[C@H](C(=O)O)C(C)C. The lowest BCUT2D eigenvalue weighted by Crippen LogP contribution is -2.61. The molecule has 10 atom stereocenters. The van der Waals surface area contributed by atoms with E-state index in [2.05, 4.69) is 52.8 Å². The van der Waals surface area contributed by atoms with E-state index in [1.807, 2.05) is 18.2 Å². The number of carboxylic acid groups (broad SMARTS) is 1. The van der Waals surface area contributed by atoms with Crippen LogP contribution in [-0.4, -0.2) is 165 Å². The number of aliphatic hydroxyl groups excluding tert-OH is 2. The molecule has 1 aliphatic heterocycles. The Kier molecular flexibility index (Phi) is 26.8. The van der Waals surface area contributed by atoms with Gasteiger partial charge in [0, 0.05) is 29.9 Å². The van der Waals surface area contributed by atoms with Crippen molar-refractivity contribution in [2.75, 3.05) is 26.2 Å². The molecule has 1 aromatic heterocycles. The number of H-pyrrole nitrogens is 1. The lowest BCUT2D eigenvalue weighted by Gasteiger charge is -2.29. The molecule has 4 rings (SSSR count). The van der Waals surface area contributed by atoms with Gasteiger partial charge in [-0.1, -0.05) is 58.0 Å². The summed E-state index contributed by atoms with van der Waals surface area (Å²) in [7, 11) is 0. The van der Waals surface area contributed by atoms with E-state index in [9.17, 15) is 63.6 Å². The summed E-state index contributed by atoms with van der Waals surface area (Å²) < 4.78 is 0. The third-order valence-corrected chi connectivity index (χ3v) is 13.7. The van der Waals surface area contributed by atoms with Gasteiger partial charge in [-0.05, 0) is 126 Å². The number of nitrogens with two attached hydrogens (primary N) is 2. The molecule has 0 spiro atoms. The molecule has 2 aromatic carbocycles. The number of hydrogen-bond donors (Lipinski definition) is 16. The van der Waals surface area contributed by atoms with Crippen LogP contribution in [0.3, 0.4) is 0 Å². The van der Waals surface area contributed by atoms with Gasteiger partial charge in [-0.25, -0.2) is 4.79 Å².